The lowest BCUT2D eigenvalue weighted by molar-refractivity contribution is -0.301. The van der Waals surface area contributed by atoms with Crippen molar-refractivity contribution in [2.45, 2.75) is 56.9 Å². The fourth-order valence-electron chi connectivity index (χ4n) is 3.00. The van der Waals surface area contributed by atoms with Gasteiger partial charge in [-0.05, 0) is 32.3 Å². The molecule has 0 aromatic carbocycles. The lowest BCUT2D eigenvalue weighted by Crippen LogP contribution is -2.24. The van der Waals surface area contributed by atoms with Crippen LogP contribution in [0.3, 0.4) is 0 Å². The molecule has 4 nitrogen and oxygen atoms in total. The highest BCUT2D eigenvalue weighted by Crippen LogP contribution is 2.38. The SMILES string of the molecule is Cc1sc2nc(C3CCCCC3)nc(SCC(=O)[O-])c2c1C. The largest absolute Gasteiger partial charge is 0.549 e. The number of carboxylic acids is 1. The minimum absolute atomic E-state index is 0.0649. The van der Waals surface area contributed by atoms with E-state index >= 15 is 0 Å². The number of aryl methyl sites for hydroxylation is 2. The van der Waals surface area contributed by atoms with Gasteiger partial charge in [0.25, 0.3) is 0 Å². The molecule has 0 spiro atoms. The number of carboxylic acid groups (broad SMARTS) is 1. The van der Waals surface area contributed by atoms with E-state index in [-0.39, 0.29) is 5.75 Å². The van der Waals surface area contributed by atoms with E-state index in [1.807, 2.05) is 0 Å². The number of fused-ring (bicyclic) bond motifs is 1. The average molecular weight is 335 g/mol. The average Bonchev–Trinajstić information content (AvgIpc) is 2.80. The maximum absolute atomic E-state index is 10.8. The molecule has 1 aliphatic carbocycles. The number of thioether (sulfide) groups is 1. The molecule has 0 N–H and O–H groups in total. The molecule has 0 atom stereocenters. The fraction of sp³-hybridized carbons (Fsp3) is 0.562. The van der Waals surface area contributed by atoms with E-state index in [9.17, 15) is 9.90 Å². The van der Waals surface area contributed by atoms with Crippen LogP contribution in [-0.2, 0) is 4.79 Å². The van der Waals surface area contributed by atoms with Gasteiger partial charge in [-0.1, -0.05) is 31.0 Å². The van der Waals surface area contributed by atoms with Gasteiger partial charge < -0.3 is 9.90 Å². The van der Waals surface area contributed by atoms with Crippen molar-refractivity contribution in [2.75, 3.05) is 5.75 Å². The van der Waals surface area contributed by atoms with Crippen molar-refractivity contribution < 1.29 is 9.90 Å². The van der Waals surface area contributed by atoms with Crippen LogP contribution in [0.4, 0.5) is 0 Å². The van der Waals surface area contributed by atoms with Gasteiger partial charge in [0.15, 0.2) is 0 Å². The molecule has 2 heterocycles. The number of thiophene rings is 1. The summed E-state index contributed by atoms with van der Waals surface area (Å²) in [6.07, 6.45) is 6.04. The standard InChI is InChI=1S/C16H20N2O2S2/c1-9-10(2)22-16-13(9)15(21-8-12(19)20)17-14(18-16)11-6-4-3-5-7-11/h11H,3-8H2,1-2H3,(H,19,20)/p-1. The van der Waals surface area contributed by atoms with E-state index in [1.54, 1.807) is 11.3 Å². The molecular weight excluding hydrogens is 316 g/mol. The van der Waals surface area contributed by atoms with Crippen LogP contribution < -0.4 is 5.11 Å². The van der Waals surface area contributed by atoms with Gasteiger partial charge >= 0.3 is 0 Å². The summed E-state index contributed by atoms with van der Waals surface area (Å²) in [5.41, 5.74) is 1.16. The van der Waals surface area contributed by atoms with Gasteiger partial charge in [-0.15, -0.1) is 11.3 Å². The minimum Gasteiger partial charge on any atom is -0.549 e. The molecule has 118 valence electrons. The van der Waals surface area contributed by atoms with Gasteiger partial charge in [-0.2, -0.15) is 0 Å². The molecule has 1 saturated carbocycles. The minimum atomic E-state index is -1.06. The fourth-order valence-corrected chi connectivity index (χ4v) is 4.91. The Hall–Kier alpha value is -1.14. The van der Waals surface area contributed by atoms with Crippen molar-refractivity contribution in [3.63, 3.8) is 0 Å². The number of hydrogen-bond donors (Lipinski definition) is 0. The van der Waals surface area contributed by atoms with Gasteiger partial charge in [0.05, 0.1) is 5.97 Å². The summed E-state index contributed by atoms with van der Waals surface area (Å²) in [4.78, 5) is 22.6. The molecule has 6 heteroatoms. The third kappa shape index (κ3) is 3.13. The maximum atomic E-state index is 10.8. The van der Waals surface area contributed by atoms with Crippen LogP contribution in [-0.4, -0.2) is 21.7 Å². The number of carbonyl (C=O) groups excluding carboxylic acids is 1. The van der Waals surface area contributed by atoms with Gasteiger partial charge in [0.2, 0.25) is 0 Å². The zero-order chi connectivity index (χ0) is 15.7. The number of rotatable bonds is 4. The van der Waals surface area contributed by atoms with Crippen LogP contribution in [0.2, 0.25) is 0 Å². The molecule has 0 aliphatic heterocycles. The number of carbonyl (C=O) groups is 1. The van der Waals surface area contributed by atoms with Crippen molar-refractivity contribution in [1.29, 1.82) is 0 Å². The van der Waals surface area contributed by atoms with Gasteiger partial charge in [0.1, 0.15) is 15.7 Å². The van der Waals surface area contributed by atoms with Gasteiger partial charge in [-0.3, -0.25) is 0 Å². The molecule has 0 radical (unpaired) electrons. The van der Waals surface area contributed by atoms with Gasteiger partial charge in [0, 0.05) is 21.9 Å². The van der Waals surface area contributed by atoms with Crippen molar-refractivity contribution in [2.24, 2.45) is 0 Å². The Morgan fingerprint density at radius 1 is 1.27 bits per heavy atom. The second-order valence-corrected chi connectivity index (χ2v) is 8.01. The molecule has 0 bridgehead atoms. The van der Waals surface area contributed by atoms with E-state index in [4.69, 9.17) is 9.97 Å². The maximum Gasteiger partial charge on any atom is 0.134 e. The first-order chi connectivity index (χ1) is 10.6. The Morgan fingerprint density at radius 3 is 2.68 bits per heavy atom. The normalized spacial score (nSPS) is 16.3. The van der Waals surface area contributed by atoms with Crippen molar-refractivity contribution >= 4 is 39.3 Å². The second kappa shape index (κ2) is 6.54. The number of nitrogens with zero attached hydrogens (tertiary/aromatic N) is 2. The van der Waals surface area contributed by atoms with E-state index in [1.165, 1.54) is 35.9 Å². The summed E-state index contributed by atoms with van der Waals surface area (Å²) < 4.78 is 0. The Morgan fingerprint density at radius 2 is 2.00 bits per heavy atom. The van der Waals surface area contributed by atoms with Crippen LogP contribution >= 0.6 is 23.1 Å². The molecule has 3 rings (SSSR count). The predicted octanol–water partition coefficient (Wildman–Crippen LogP) is 3.20. The van der Waals surface area contributed by atoms with Crippen LogP contribution in [0, 0.1) is 13.8 Å². The van der Waals surface area contributed by atoms with Crippen molar-refractivity contribution in [3.05, 3.63) is 16.3 Å². The third-order valence-electron chi connectivity index (χ3n) is 4.31. The van der Waals surface area contributed by atoms with E-state index in [2.05, 4.69) is 13.8 Å². The summed E-state index contributed by atoms with van der Waals surface area (Å²) in [5, 5.41) is 12.6. The first-order valence-corrected chi connectivity index (χ1v) is 9.46. The molecule has 22 heavy (non-hydrogen) atoms. The Bertz CT molecular complexity index is 706. The molecule has 2 aromatic rings. The van der Waals surface area contributed by atoms with Crippen molar-refractivity contribution in [1.82, 2.24) is 9.97 Å². The first kappa shape index (κ1) is 15.7. The summed E-state index contributed by atoms with van der Waals surface area (Å²) in [6.45, 7) is 4.13. The highest BCUT2D eigenvalue weighted by Gasteiger charge is 2.22. The Labute approximate surface area is 138 Å². The number of hydrogen-bond acceptors (Lipinski definition) is 6. The molecular formula is C16H19N2O2S2-. The van der Waals surface area contributed by atoms with E-state index in [0.29, 0.717) is 5.92 Å². The number of aliphatic carboxylic acids is 1. The lowest BCUT2D eigenvalue weighted by atomic mass is 9.89. The summed E-state index contributed by atoms with van der Waals surface area (Å²) in [5.74, 6) is 0.197. The summed E-state index contributed by atoms with van der Waals surface area (Å²) >= 11 is 2.94. The predicted molar refractivity (Wildman–Crippen MR) is 88.4 cm³/mol. The zero-order valence-electron chi connectivity index (χ0n) is 12.8. The zero-order valence-corrected chi connectivity index (χ0v) is 14.5. The monoisotopic (exact) mass is 335 g/mol. The highest BCUT2D eigenvalue weighted by molar-refractivity contribution is 8.00. The Balaban J connectivity index is 2.05. The Kier molecular flexibility index (Phi) is 4.68. The van der Waals surface area contributed by atoms with E-state index < -0.39 is 5.97 Å². The smallest absolute Gasteiger partial charge is 0.134 e. The molecule has 0 saturated heterocycles. The van der Waals surface area contributed by atoms with E-state index in [0.717, 1.165) is 39.5 Å². The highest BCUT2D eigenvalue weighted by atomic mass is 32.2. The van der Waals surface area contributed by atoms with Gasteiger partial charge in [-0.25, -0.2) is 9.97 Å². The topological polar surface area (TPSA) is 65.9 Å². The van der Waals surface area contributed by atoms with Crippen LogP contribution in [0.5, 0.6) is 0 Å². The molecule has 1 aliphatic rings. The van der Waals surface area contributed by atoms with Crippen molar-refractivity contribution in [3.8, 4) is 0 Å². The first-order valence-electron chi connectivity index (χ1n) is 7.66. The lowest BCUT2D eigenvalue weighted by Gasteiger charge is -2.20. The summed E-state index contributed by atoms with van der Waals surface area (Å²) in [6, 6.07) is 0. The molecule has 0 unspecified atom stereocenters. The van der Waals surface area contributed by atoms with Crippen LogP contribution in [0.25, 0.3) is 10.2 Å². The quantitative estimate of drug-likeness (QED) is 0.634. The molecule has 2 aromatic heterocycles. The van der Waals surface area contributed by atoms with Crippen LogP contribution in [0.15, 0.2) is 5.03 Å². The summed E-state index contributed by atoms with van der Waals surface area (Å²) in [7, 11) is 0. The van der Waals surface area contributed by atoms with Crippen LogP contribution in [0.1, 0.15) is 54.3 Å². The molecule has 1 fully saturated rings. The third-order valence-corrected chi connectivity index (χ3v) is 6.36. The second-order valence-electron chi connectivity index (χ2n) is 5.85. The number of aromatic nitrogens is 2. The molecule has 0 amide bonds.